The second-order valence-corrected chi connectivity index (χ2v) is 10.8. The monoisotopic (exact) mass is 604 g/mol. The molecule has 0 unspecified atom stereocenters. The Balaban J connectivity index is 1.15. The second kappa shape index (κ2) is 12.2. The minimum absolute atomic E-state index is 0.111. The lowest BCUT2D eigenvalue weighted by Gasteiger charge is -2.35. The van der Waals surface area contributed by atoms with Gasteiger partial charge in [0.2, 0.25) is 5.88 Å². The van der Waals surface area contributed by atoms with Crippen LogP contribution in [0.1, 0.15) is 47.9 Å². The summed E-state index contributed by atoms with van der Waals surface area (Å²) in [6, 6.07) is 10.5. The molecule has 0 spiro atoms. The summed E-state index contributed by atoms with van der Waals surface area (Å²) in [4.78, 5) is 12.8. The van der Waals surface area contributed by atoms with E-state index in [1.54, 1.807) is 6.07 Å². The van der Waals surface area contributed by atoms with Crippen molar-refractivity contribution in [2.24, 2.45) is 0 Å². The Kier molecular flexibility index (Phi) is 8.57. The quantitative estimate of drug-likeness (QED) is 0.310. The predicted molar refractivity (Wildman–Crippen MR) is 149 cm³/mol. The molecular weight excluding hydrogens is 574 g/mol. The van der Waals surface area contributed by atoms with E-state index in [1.165, 1.54) is 30.6 Å². The number of hydrogen-bond acceptors (Lipinski definition) is 7. The summed E-state index contributed by atoms with van der Waals surface area (Å²) in [6.45, 7) is 4.26. The first-order valence-electron chi connectivity index (χ1n) is 14.0. The Morgan fingerprint density at radius 2 is 1.51 bits per heavy atom. The molecule has 1 aromatic heterocycles. The van der Waals surface area contributed by atoms with E-state index in [2.05, 4.69) is 20.2 Å². The van der Waals surface area contributed by atoms with Gasteiger partial charge in [0.05, 0.1) is 28.3 Å². The fraction of sp³-hybridized carbons (Fsp3) is 0.433. The Bertz CT molecular complexity index is 1450. The number of rotatable bonds is 6. The minimum Gasteiger partial charge on any atom is -0.474 e. The lowest BCUT2D eigenvalue weighted by atomic mass is 10.0. The molecule has 0 atom stereocenters. The molecule has 228 valence electrons. The lowest BCUT2D eigenvalue weighted by Crippen LogP contribution is -2.40. The minimum atomic E-state index is -4.61. The number of anilines is 3. The molecule has 2 aromatic carbocycles. The number of hydrogen-bond donors (Lipinski definition) is 1. The summed E-state index contributed by atoms with van der Waals surface area (Å²) in [5.41, 5.74) is -0.158. The zero-order valence-electron chi connectivity index (χ0n) is 23.3. The molecule has 0 aliphatic carbocycles. The summed E-state index contributed by atoms with van der Waals surface area (Å²) in [6.07, 6.45) is -4.98. The van der Waals surface area contributed by atoms with Gasteiger partial charge in [-0.1, -0.05) is 0 Å². The van der Waals surface area contributed by atoms with Crippen LogP contribution < -0.4 is 19.9 Å². The van der Waals surface area contributed by atoms with Gasteiger partial charge < -0.3 is 19.9 Å². The standard InChI is InChI=1S/C30H30F6N6O/c1-19-27(42-12-8-23(9-13-42)40-22-5-3-21(4-6-22)29(31,32)33)38-18-39-28(19)43-25-10-14-41(15-11-25)24-7-2-20(17-37)26(16-24)30(34,35)36/h2-7,16,18,23,25,40H,8-15H2,1H3. The van der Waals surface area contributed by atoms with Gasteiger partial charge in [-0.3, -0.25) is 0 Å². The third-order valence-corrected chi connectivity index (χ3v) is 7.90. The van der Waals surface area contributed by atoms with Crippen LogP contribution in [0.2, 0.25) is 0 Å². The average Bonchev–Trinajstić information content (AvgIpc) is 2.98. The molecule has 2 saturated heterocycles. The van der Waals surface area contributed by atoms with Crippen LogP contribution in [0.3, 0.4) is 0 Å². The molecule has 7 nitrogen and oxygen atoms in total. The molecule has 0 saturated carbocycles. The number of alkyl halides is 6. The van der Waals surface area contributed by atoms with Crippen LogP contribution in [0.4, 0.5) is 43.5 Å². The van der Waals surface area contributed by atoms with Gasteiger partial charge >= 0.3 is 12.4 Å². The molecule has 5 rings (SSSR count). The highest BCUT2D eigenvalue weighted by atomic mass is 19.4. The smallest absolute Gasteiger partial charge is 0.417 e. The highest BCUT2D eigenvalue weighted by Gasteiger charge is 2.35. The van der Waals surface area contributed by atoms with Crippen LogP contribution in [-0.4, -0.2) is 48.3 Å². The zero-order chi connectivity index (χ0) is 30.8. The first-order valence-corrected chi connectivity index (χ1v) is 14.0. The average molecular weight is 605 g/mol. The highest BCUT2D eigenvalue weighted by molar-refractivity contribution is 5.55. The van der Waals surface area contributed by atoms with Crippen molar-refractivity contribution in [1.82, 2.24) is 9.97 Å². The van der Waals surface area contributed by atoms with Crippen LogP contribution in [-0.2, 0) is 12.4 Å². The van der Waals surface area contributed by atoms with E-state index in [0.717, 1.165) is 42.4 Å². The number of piperidine rings is 2. The summed E-state index contributed by atoms with van der Waals surface area (Å²) in [5, 5.41) is 12.4. The van der Waals surface area contributed by atoms with E-state index in [-0.39, 0.29) is 12.1 Å². The molecule has 2 aliphatic rings. The number of halogens is 6. The van der Waals surface area contributed by atoms with E-state index in [4.69, 9.17) is 10.00 Å². The first-order chi connectivity index (χ1) is 20.4. The Morgan fingerprint density at radius 3 is 2.12 bits per heavy atom. The number of nitrogens with one attached hydrogen (secondary N) is 1. The van der Waals surface area contributed by atoms with Crippen LogP contribution >= 0.6 is 0 Å². The molecule has 13 heteroatoms. The van der Waals surface area contributed by atoms with Crippen molar-refractivity contribution < 1.29 is 31.1 Å². The van der Waals surface area contributed by atoms with Gasteiger partial charge in [-0.25, -0.2) is 9.97 Å². The fourth-order valence-electron chi connectivity index (χ4n) is 5.54. The summed E-state index contributed by atoms with van der Waals surface area (Å²) in [5.74, 6) is 1.22. The van der Waals surface area contributed by atoms with Crippen molar-refractivity contribution in [3.63, 3.8) is 0 Å². The molecule has 2 aliphatic heterocycles. The normalized spacial score (nSPS) is 17.1. The molecule has 43 heavy (non-hydrogen) atoms. The van der Waals surface area contributed by atoms with E-state index >= 15 is 0 Å². The maximum absolute atomic E-state index is 13.4. The Morgan fingerprint density at radius 1 is 0.860 bits per heavy atom. The van der Waals surface area contributed by atoms with Gasteiger partial charge in [0, 0.05) is 56.4 Å². The topological polar surface area (TPSA) is 77.3 Å². The zero-order valence-corrected chi connectivity index (χ0v) is 23.3. The predicted octanol–water partition coefficient (Wildman–Crippen LogP) is 6.82. The fourth-order valence-corrected chi connectivity index (χ4v) is 5.54. The SMILES string of the molecule is Cc1c(OC2CCN(c3ccc(C#N)c(C(F)(F)F)c3)CC2)ncnc1N1CCC(Nc2ccc(C(F)(F)F)cc2)CC1. The summed E-state index contributed by atoms with van der Waals surface area (Å²) >= 11 is 0. The molecule has 3 aromatic rings. The van der Waals surface area contributed by atoms with E-state index in [9.17, 15) is 26.3 Å². The first kappa shape index (κ1) is 30.3. The number of nitrogens with zero attached hydrogens (tertiary/aromatic N) is 5. The van der Waals surface area contributed by atoms with E-state index < -0.39 is 29.0 Å². The molecule has 2 fully saturated rings. The molecule has 0 bridgehead atoms. The van der Waals surface area contributed by atoms with Crippen LogP contribution in [0, 0.1) is 18.3 Å². The number of nitriles is 1. The maximum Gasteiger partial charge on any atom is 0.417 e. The number of ether oxygens (including phenoxy) is 1. The van der Waals surface area contributed by atoms with Gasteiger partial charge in [-0.2, -0.15) is 31.6 Å². The lowest BCUT2D eigenvalue weighted by molar-refractivity contribution is -0.138. The highest BCUT2D eigenvalue weighted by Crippen LogP contribution is 2.36. The Labute approximate surface area is 245 Å². The molecule has 0 radical (unpaired) electrons. The van der Waals surface area contributed by atoms with Crippen molar-refractivity contribution in [1.29, 1.82) is 5.26 Å². The second-order valence-electron chi connectivity index (χ2n) is 10.8. The van der Waals surface area contributed by atoms with Crippen LogP contribution in [0.15, 0.2) is 48.8 Å². The third-order valence-electron chi connectivity index (χ3n) is 7.90. The number of benzene rings is 2. The summed E-state index contributed by atoms with van der Waals surface area (Å²) < 4.78 is 84.9. The van der Waals surface area contributed by atoms with Crippen molar-refractivity contribution in [2.45, 2.75) is 57.1 Å². The molecular formula is C30H30F6N6O. The third kappa shape index (κ3) is 7.06. The van der Waals surface area contributed by atoms with Gasteiger partial charge in [-0.05, 0) is 62.2 Å². The largest absolute Gasteiger partial charge is 0.474 e. The van der Waals surface area contributed by atoms with E-state index in [0.29, 0.717) is 56.3 Å². The van der Waals surface area contributed by atoms with Gasteiger partial charge in [0.1, 0.15) is 18.2 Å². The Hall–Kier alpha value is -4.21. The number of aromatic nitrogens is 2. The van der Waals surface area contributed by atoms with Crippen molar-refractivity contribution >= 4 is 17.2 Å². The van der Waals surface area contributed by atoms with Gasteiger partial charge in [0.25, 0.3) is 0 Å². The molecule has 3 heterocycles. The molecule has 0 amide bonds. The van der Waals surface area contributed by atoms with Crippen molar-refractivity contribution in [3.05, 3.63) is 71.0 Å². The van der Waals surface area contributed by atoms with Crippen molar-refractivity contribution in [2.75, 3.05) is 41.3 Å². The van der Waals surface area contributed by atoms with Gasteiger partial charge in [0.15, 0.2) is 0 Å². The van der Waals surface area contributed by atoms with Crippen molar-refractivity contribution in [3.8, 4) is 11.9 Å². The summed E-state index contributed by atoms with van der Waals surface area (Å²) in [7, 11) is 0. The van der Waals surface area contributed by atoms with Crippen LogP contribution in [0.5, 0.6) is 5.88 Å². The van der Waals surface area contributed by atoms with Gasteiger partial charge in [-0.15, -0.1) is 0 Å². The maximum atomic E-state index is 13.4. The van der Waals surface area contributed by atoms with Crippen LogP contribution in [0.25, 0.3) is 0 Å². The van der Waals surface area contributed by atoms with E-state index in [1.807, 2.05) is 11.8 Å². The molecule has 1 N–H and O–H groups in total.